The van der Waals surface area contributed by atoms with Crippen molar-refractivity contribution >= 4 is 17.3 Å². The zero-order chi connectivity index (χ0) is 11.8. The third kappa shape index (κ3) is 5.14. The number of aliphatic imine (C=N–C) groups is 1. The van der Waals surface area contributed by atoms with Crippen LogP contribution in [0.3, 0.4) is 0 Å². The molecule has 0 fully saturated rings. The van der Waals surface area contributed by atoms with Gasteiger partial charge in [0.2, 0.25) is 0 Å². The van der Waals surface area contributed by atoms with E-state index >= 15 is 0 Å². The van der Waals surface area contributed by atoms with Gasteiger partial charge < -0.3 is 5.32 Å². The van der Waals surface area contributed by atoms with Gasteiger partial charge in [-0.2, -0.15) is 0 Å². The maximum absolute atomic E-state index is 4.12. The van der Waals surface area contributed by atoms with Crippen molar-refractivity contribution in [1.82, 2.24) is 5.32 Å². The van der Waals surface area contributed by atoms with Crippen LogP contribution in [0.25, 0.3) is 0 Å². The summed E-state index contributed by atoms with van der Waals surface area (Å²) in [6, 6.07) is 8.63. The molecule has 0 saturated carbocycles. The second-order valence-corrected chi connectivity index (χ2v) is 4.46. The van der Waals surface area contributed by atoms with Gasteiger partial charge in [0.1, 0.15) is 0 Å². The molecule has 0 saturated heterocycles. The summed E-state index contributed by atoms with van der Waals surface area (Å²) in [4.78, 5) is 4.12. The Kier molecular flexibility index (Phi) is 5.90. The Morgan fingerprint density at radius 3 is 2.56 bits per heavy atom. The first-order chi connectivity index (χ1) is 7.72. The van der Waals surface area contributed by atoms with Crippen molar-refractivity contribution in [2.24, 2.45) is 4.99 Å². The number of hydrogen-bond acceptors (Lipinski definition) is 3. The van der Waals surface area contributed by atoms with Gasteiger partial charge in [-0.25, -0.2) is 0 Å². The smallest absolute Gasteiger partial charge is 0.0602 e. The van der Waals surface area contributed by atoms with Gasteiger partial charge in [0.25, 0.3) is 0 Å². The third-order valence-electron chi connectivity index (χ3n) is 2.00. The monoisotopic (exact) mass is 234 g/mol. The molecular weight excluding hydrogens is 216 g/mol. The first kappa shape index (κ1) is 13.0. The van der Waals surface area contributed by atoms with Gasteiger partial charge in [-0.15, -0.1) is 11.8 Å². The van der Waals surface area contributed by atoms with Crippen molar-refractivity contribution in [3.8, 4) is 0 Å². The van der Waals surface area contributed by atoms with Crippen molar-refractivity contribution in [3.63, 3.8) is 0 Å². The van der Waals surface area contributed by atoms with Crippen molar-refractivity contribution in [1.29, 1.82) is 0 Å². The zero-order valence-electron chi connectivity index (χ0n) is 9.86. The average molecular weight is 234 g/mol. The highest BCUT2D eigenvalue weighted by molar-refractivity contribution is 8.11. The first-order valence-electron chi connectivity index (χ1n) is 5.24. The predicted octanol–water partition coefficient (Wildman–Crippen LogP) is 3.20. The van der Waals surface area contributed by atoms with Crippen LogP contribution in [0.2, 0.25) is 0 Å². The molecule has 0 aromatic heterocycles. The molecular formula is C13H18N2S. The normalized spacial score (nSPS) is 10.9. The van der Waals surface area contributed by atoms with Gasteiger partial charge in [0.15, 0.2) is 0 Å². The van der Waals surface area contributed by atoms with Crippen molar-refractivity contribution in [2.75, 3.05) is 7.05 Å². The Morgan fingerprint density at radius 1 is 1.38 bits per heavy atom. The van der Waals surface area contributed by atoms with Crippen LogP contribution in [0.5, 0.6) is 0 Å². The van der Waals surface area contributed by atoms with E-state index in [1.807, 2.05) is 19.5 Å². The number of nitrogens with zero attached hydrogens (tertiary/aromatic N) is 1. The highest BCUT2D eigenvalue weighted by Gasteiger charge is 1.93. The van der Waals surface area contributed by atoms with Crippen LogP contribution in [0, 0.1) is 0 Å². The lowest BCUT2D eigenvalue weighted by atomic mass is 10.1. The highest BCUT2D eigenvalue weighted by Crippen LogP contribution is 2.11. The summed E-state index contributed by atoms with van der Waals surface area (Å²) in [7, 11) is 1.96. The quantitative estimate of drug-likeness (QED) is 0.604. The SMILES string of the molecule is C=C(C)N=CSCc1ccc(CNC)cc1. The maximum Gasteiger partial charge on any atom is 0.0602 e. The lowest BCUT2D eigenvalue weighted by Crippen LogP contribution is -2.04. The van der Waals surface area contributed by atoms with Crippen LogP contribution in [-0.2, 0) is 12.3 Å². The Bertz CT molecular complexity index is 355. The minimum atomic E-state index is 0.844. The van der Waals surface area contributed by atoms with Gasteiger partial charge in [-0.3, -0.25) is 4.99 Å². The zero-order valence-corrected chi connectivity index (χ0v) is 10.7. The molecule has 0 bridgehead atoms. The first-order valence-corrected chi connectivity index (χ1v) is 6.29. The van der Waals surface area contributed by atoms with Gasteiger partial charge >= 0.3 is 0 Å². The predicted molar refractivity (Wildman–Crippen MR) is 73.8 cm³/mol. The second kappa shape index (κ2) is 7.25. The summed E-state index contributed by atoms with van der Waals surface area (Å²) in [5.74, 6) is 0.955. The van der Waals surface area contributed by atoms with Crippen LogP contribution < -0.4 is 5.32 Å². The summed E-state index contributed by atoms with van der Waals surface area (Å²) in [5, 5.41) is 3.13. The number of thioether (sulfide) groups is 1. The van der Waals surface area contributed by atoms with E-state index in [-0.39, 0.29) is 0 Å². The van der Waals surface area contributed by atoms with E-state index in [2.05, 4.69) is 41.2 Å². The maximum atomic E-state index is 4.12. The fourth-order valence-electron chi connectivity index (χ4n) is 1.22. The average Bonchev–Trinajstić information content (AvgIpc) is 2.27. The fraction of sp³-hybridized carbons (Fsp3) is 0.308. The second-order valence-electron chi connectivity index (χ2n) is 3.63. The summed E-state index contributed by atoms with van der Waals surface area (Å²) in [6.45, 7) is 6.53. The van der Waals surface area contributed by atoms with Crippen LogP contribution in [0.1, 0.15) is 18.1 Å². The standard InChI is InChI=1S/C13H18N2S/c1-11(2)15-10-16-9-13-6-4-12(5-7-13)8-14-3/h4-7,10,14H,1,8-9H2,2-3H3. The summed E-state index contributed by atoms with van der Waals surface area (Å²) < 4.78 is 0. The Hall–Kier alpha value is -1.06. The molecule has 16 heavy (non-hydrogen) atoms. The number of hydrogen-bond donors (Lipinski definition) is 1. The van der Waals surface area contributed by atoms with Crippen LogP contribution in [0.4, 0.5) is 0 Å². The van der Waals surface area contributed by atoms with E-state index < -0.39 is 0 Å². The molecule has 3 heteroatoms. The van der Waals surface area contributed by atoms with E-state index in [0.29, 0.717) is 0 Å². The van der Waals surface area contributed by atoms with Crippen molar-refractivity contribution in [2.45, 2.75) is 19.2 Å². The van der Waals surface area contributed by atoms with Crippen molar-refractivity contribution < 1.29 is 0 Å². The molecule has 0 spiro atoms. The van der Waals surface area contributed by atoms with Gasteiger partial charge in [0, 0.05) is 18.0 Å². The Morgan fingerprint density at radius 2 is 2.00 bits per heavy atom. The van der Waals surface area contributed by atoms with Crippen molar-refractivity contribution in [3.05, 3.63) is 47.7 Å². The molecule has 1 aromatic carbocycles. The molecule has 1 N–H and O–H groups in total. The number of benzene rings is 1. The summed E-state index contributed by atoms with van der Waals surface area (Å²) in [5.41, 5.74) is 5.32. The minimum absolute atomic E-state index is 0.844. The van der Waals surface area contributed by atoms with Gasteiger partial charge in [-0.05, 0) is 25.1 Å². The third-order valence-corrected chi connectivity index (χ3v) is 2.76. The molecule has 0 atom stereocenters. The molecule has 0 heterocycles. The molecule has 86 valence electrons. The van der Waals surface area contributed by atoms with E-state index in [9.17, 15) is 0 Å². The van der Waals surface area contributed by atoms with Gasteiger partial charge in [-0.1, -0.05) is 30.8 Å². The molecule has 0 aliphatic rings. The Balaban J connectivity index is 2.40. The molecule has 0 radical (unpaired) electrons. The molecule has 0 unspecified atom stereocenters. The summed E-state index contributed by atoms with van der Waals surface area (Å²) >= 11 is 1.69. The fourth-order valence-corrected chi connectivity index (χ4v) is 1.93. The van der Waals surface area contributed by atoms with E-state index in [4.69, 9.17) is 0 Å². The number of allylic oxidation sites excluding steroid dienone is 1. The largest absolute Gasteiger partial charge is 0.316 e. The molecule has 0 aliphatic heterocycles. The van der Waals surface area contributed by atoms with Crippen LogP contribution in [0.15, 0.2) is 41.5 Å². The summed E-state index contributed by atoms with van der Waals surface area (Å²) in [6.07, 6.45) is 0. The minimum Gasteiger partial charge on any atom is -0.316 e. The molecule has 0 aliphatic carbocycles. The Labute approximate surface area is 102 Å². The van der Waals surface area contributed by atoms with E-state index in [1.54, 1.807) is 11.8 Å². The van der Waals surface area contributed by atoms with E-state index in [1.165, 1.54) is 11.1 Å². The molecule has 2 nitrogen and oxygen atoms in total. The molecule has 1 aromatic rings. The van der Waals surface area contributed by atoms with Gasteiger partial charge in [0.05, 0.1) is 5.55 Å². The van der Waals surface area contributed by atoms with E-state index in [0.717, 1.165) is 18.0 Å². The topological polar surface area (TPSA) is 24.4 Å². The number of nitrogens with one attached hydrogen (secondary N) is 1. The number of rotatable bonds is 6. The highest BCUT2D eigenvalue weighted by atomic mass is 32.2. The molecule has 1 rings (SSSR count). The van der Waals surface area contributed by atoms with Crippen LogP contribution in [-0.4, -0.2) is 12.6 Å². The molecule has 0 amide bonds. The lowest BCUT2D eigenvalue weighted by molar-refractivity contribution is 0.817. The lowest BCUT2D eigenvalue weighted by Gasteiger charge is -2.02. The van der Waals surface area contributed by atoms with Crippen LogP contribution >= 0.6 is 11.8 Å².